The molecule has 1 aliphatic heterocycles. The van der Waals surface area contributed by atoms with Crippen molar-refractivity contribution < 1.29 is 14.6 Å². The topological polar surface area (TPSA) is 46.5 Å². The van der Waals surface area contributed by atoms with Crippen LogP contribution in [-0.4, -0.2) is 11.1 Å². The van der Waals surface area contributed by atoms with Gasteiger partial charge in [-0.2, -0.15) is 0 Å². The number of rotatable bonds is 4. The van der Waals surface area contributed by atoms with Crippen LogP contribution in [0.15, 0.2) is 94.4 Å². The Morgan fingerprint density at radius 2 is 1.47 bits per heavy atom. The van der Waals surface area contributed by atoms with Crippen LogP contribution in [0.2, 0.25) is 0 Å². The molecule has 164 valence electrons. The van der Waals surface area contributed by atoms with Crippen LogP contribution in [0.4, 0.5) is 0 Å². The van der Waals surface area contributed by atoms with Gasteiger partial charge in [0.2, 0.25) is 0 Å². The van der Waals surface area contributed by atoms with E-state index in [1.54, 1.807) is 0 Å². The lowest BCUT2D eigenvalue weighted by atomic mass is 9.81. The number of benzene rings is 3. The predicted octanol–water partition coefficient (Wildman–Crippen LogP) is 7.04. The lowest BCUT2D eigenvalue weighted by Gasteiger charge is -2.38. The Morgan fingerprint density at radius 1 is 0.906 bits per heavy atom. The Kier molecular flexibility index (Phi) is 5.91. The van der Waals surface area contributed by atoms with E-state index in [2.05, 4.69) is 39.0 Å². The van der Waals surface area contributed by atoms with Crippen molar-refractivity contribution in [3.63, 3.8) is 0 Å². The predicted molar refractivity (Wildman–Crippen MR) is 130 cm³/mol. The van der Waals surface area contributed by atoms with Crippen molar-refractivity contribution in [2.45, 2.75) is 50.0 Å². The Balaban J connectivity index is 1.79. The molecular formula is C28H28O3S. The van der Waals surface area contributed by atoms with Crippen LogP contribution in [-0.2, 0) is 20.5 Å². The maximum atomic E-state index is 13.4. The second kappa shape index (κ2) is 8.51. The molecule has 0 atom stereocenters. The molecule has 0 saturated carbocycles. The standard InChI is InChI=1S/C28H28O3S/c1-19-15-16-22(27(2,3)4)24(17-19)32-25-23(29)18-28(31-26(25)30,20-11-7-5-8-12-20)21-13-9-6-10-14-21/h5-17,29H,18H2,1-4H3. The second-order valence-corrected chi connectivity index (χ2v) is 10.3. The minimum atomic E-state index is -1.06. The molecule has 0 aliphatic carbocycles. The third kappa shape index (κ3) is 4.20. The molecule has 0 fully saturated rings. The van der Waals surface area contributed by atoms with Crippen molar-refractivity contribution in [3.8, 4) is 0 Å². The first-order valence-electron chi connectivity index (χ1n) is 10.8. The SMILES string of the molecule is Cc1ccc(C(C)(C)C)c(SC2=C(O)CC(c3ccccc3)(c3ccccc3)OC2=O)c1. The van der Waals surface area contributed by atoms with Crippen molar-refractivity contribution in [2.24, 2.45) is 0 Å². The minimum absolute atomic E-state index is 0.0559. The molecule has 0 bridgehead atoms. The lowest BCUT2D eigenvalue weighted by molar-refractivity contribution is -0.154. The third-order valence-corrected chi connectivity index (χ3v) is 6.93. The average molecular weight is 445 g/mol. The number of ether oxygens (including phenoxy) is 1. The van der Waals surface area contributed by atoms with Crippen LogP contribution in [0, 0.1) is 6.92 Å². The number of cyclic esters (lactones) is 1. The van der Waals surface area contributed by atoms with Crippen molar-refractivity contribution >= 4 is 17.7 Å². The van der Waals surface area contributed by atoms with Crippen LogP contribution in [0.5, 0.6) is 0 Å². The summed E-state index contributed by atoms with van der Waals surface area (Å²) in [4.78, 5) is 14.6. The van der Waals surface area contributed by atoms with Crippen LogP contribution in [0.3, 0.4) is 0 Å². The zero-order valence-corrected chi connectivity index (χ0v) is 19.7. The van der Waals surface area contributed by atoms with E-state index < -0.39 is 11.6 Å². The van der Waals surface area contributed by atoms with Crippen molar-refractivity contribution in [1.29, 1.82) is 0 Å². The van der Waals surface area contributed by atoms with Gasteiger partial charge in [-0.3, -0.25) is 0 Å². The van der Waals surface area contributed by atoms with Gasteiger partial charge < -0.3 is 9.84 Å². The Morgan fingerprint density at radius 3 is 1.97 bits per heavy atom. The Bertz CT molecular complexity index is 1120. The molecule has 0 spiro atoms. The Hall–Kier alpha value is -2.98. The van der Waals surface area contributed by atoms with Gasteiger partial charge in [-0.25, -0.2) is 4.79 Å². The van der Waals surface area contributed by atoms with Gasteiger partial charge in [-0.05, 0) is 29.5 Å². The summed E-state index contributed by atoms with van der Waals surface area (Å²) in [5.41, 5.74) is 2.74. The summed E-state index contributed by atoms with van der Waals surface area (Å²) in [5.74, 6) is -0.451. The molecule has 4 rings (SSSR count). The molecule has 32 heavy (non-hydrogen) atoms. The molecular weight excluding hydrogens is 416 g/mol. The quantitative estimate of drug-likeness (QED) is 0.438. The zero-order chi connectivity index (χ0) is 22.9. The molecule has 0 aromatic heterocycles. The zero-order valence-electron chi connectivity index (χ0n) is 18.9. The summed E-state index contributed by atoms with van der Waals surface area (Å²) < 4.78 is 6.18. The molecule has 0 saturated heterocycles. The maximum absolute atomic E-state index is 13.4. The van der Waals surface area contributed by atoms with Gasteiger partial charge >= 0.3 is 5.97 Å². The fourth-order valence-corrected chi connectivity index (χ4v) is 5.39. The van der Waals surface area contributed by atoms with Crippen LogP contribution < -0.4 is 0 Å². The highest BCUT2D eigenvalue weighted by molar-refractivity contribution is 8.04. The van der Waals surface area contributed by atoms with Gasteiger partial charge in [0, 0.05) is 16.0 Å². The normalized spacial score (nSPS) is 16.1. The third-order valence-electron chi connectivity index (χ3n) is 5.77. The van der Waals surface area contributed by atoms with Gasteiger partial charge in [-0.15, -0.1) is 0 Å². The number of hydrogen-bond acceptors (Lipinski definition) is 4. The van der Waals surface area contributed by atoms with E-state index >= 15 is 0 Å². The molecule has 4 heteroatoms. The molecule has 0 radical (unpaired) electrons. The highest BCUT2D eigenvalue weighted by atomic mass is 32.2. The molecule has 1 aliphatic rings. The monoisotopic (exact) mass is 444 g/mol. The summed E-state index contributed by atoms with van der Waals surface area (Å²) in [6.07, 6.45) is 0.186. The van der Waals surface area contributed by atoms with Gasteiger partial charge in [0.05, 0.1) is 6.42 Å². The smallest absolute Gasteiger partial charge is 0.349 e. The first-order chi connectivity index (χ1) is 15.2. The van der Waals surface area contributed by atoms with Crippen LogP contribution in [0.25, 0.3) is 0 Å². The summed E-state index contributed by atoms with van der Waals surface area (Å²) in [6.45, 7) is 8.46. The van der Waals surface area contributed by atoms with E-state index in [-0.39, 0.29) is 22.5 Å². The number of thioether (sulfide) groups is 1. The summed E-state index contributed by atoms with van der Waals surface area (Å²) >= 11 is 1.29. The molecule has 3 nitrogen and oxygen atoms in total. The van der Waals surface area contributed by atoms with Crippen molar-refractivity contribution in [3.05, 3.63) is 112 Å². The second-order valence-electron chi connectivity index (χ2n) is 9.25. The fourth-order valence-electron chi connectivity index (χ4n) is 4.12. The molecule has 1 heterocycles. The van der Waals surface area contributed by atoms with E-state index in [0.717, 1.165) is 27.1 Å². The molecule has 3 aromatic carbocycles. The average Bonchev–Trinajstić information content (AvgIpc) is 2.76. The number of aliphatic hydroxyl groups excluding tert-OH is 1. The number of carbonyl (C=O) groups excluding carboxylic acids is 1. The van der Waals surface area contributed by atoms with Gasteiger partial charge in [0.1, 0.15) is 10.7 Å². The van der Waals surface area contributed by atoms with Gasteiger partial charge in [-0.1, -0.05) is 105 Å². The van der Waals surface area contributed by atoms with Crippen LogP contribution in [0.1, 0.15) is 49.4 Å². The van der Waals surface area contributed by atoms with E-state index in [1.165, 1.54) is 11.8 Å². The van der Waals surface area contributed by atoms with Gasteiger partial charge in [0.25, 0.3) is 0 Å². The minimum Gasteiger partial charge on any atom is -0.511 e. The largest absolute Gasteiger partial charge is 0.511 e. The van der Waals surface area contributed by atoms with Crippen molar-refractivity contribution in [2.75, 3.05) is 0 Å². The van der Waals surface area contributed by atoms with E-state index in [4.69, 9.17) is 4.74 Å². The van der Waals surface area contributed by atoms with Crippen molar-refractivity contribution in [1.82, 2.24) is 0 Å². The number of carbonyl (C=O) groups is 1. The molecule has 0 unspecified atom stereocenters. The number of esters is 1. The number of hydrogen-bond donors (Lipinski definition) is 1. The first kappa shape index (κ1) is 22.2. The van der Waals surface area contributed by atoms with E-state index in [1.807, 2.05) is 67.6 Å². The summed E-state index contributed by atoms with van der Waals surface area (Å²) in [7, 11) is 0. The maximum Gasteiger partial charge on any atom is 0.349 e. The lowest BCUT2D eigenvalue weighted by Crippen LogP contribution is -2.38. The number of aliphatic hydroxyl groups is 1. The fraction of sp³-hybridized carbons (Fsp3) is 0.250. The first-order valence-corrected chi connectivity index (χ1v) is 11.6. The summed E-state index contributed by atoms with van der Waals surface area (Å²) in [6, 6.07) is 25.5. The Labute approximate surface area is 194 Å². The van der Waals surface area contributed by atoms with Gasteiger partial charge in [0.15, 0.2) is 5.60 Å². The van der Waals surface area contributed by atoms with Crippen LogP contribution >= 0.6 is 11.8 Å². The van der Waals surface area contributed by atoms with E-state index in [9.17, 15) is 9.90 Å². The summed E-state index contributed by atoms with van der Waals surface area (Å²) in [5, 5.41) is 11.2. The highest BCUT2D eigenvalue weighted by Gasteiger charge is 2.45. The molecule has 1 N–H and O–H groups in total. The highest BCUT2D eigenvalue weighted by Crippen LogP contribution is 2.47. The molecule has 0 amide bonds. The molecule has 3 aromatic rings. The van der Waals surface area contributed by atoms with E-state index in [0.29, 0.717) is 0 Å². The number of aryl methyl sites for hydroxylation is 1.